The van der Waals surface area contributed by atoms with Crippen molar-refractivity contribution in [2.45, 2.75) is 69.2 Å². The monoisotopic (exact) mass is 478 g/mol. The Morgan fingerprint density at radius 1 is 1.16 bits per heavy atom. The molecule has 3 atom stereocenters. The van der Waals surface area contributed by atoms with Crippen molar-refractivity contribution in [1.29, 1.82) is 0 Å². The van der Waals surface area contributed by atoms with Gasteiger partial charge in [-0.2, -0.15) is 0 Å². The molecule has 0 bridgehead atoms. The van der Waals surface area contributed by atoms with Crippen molar-refractivity contribution >= 4 is 16.1 Å². The van der Waals surface area contributed by atoms with Crippen LogP contribution in [0.5, 0.6) is 0 Å². The average molecular weight is 479 g/mol. The van der Waals surface area contributed by atoms with Crippen molar-refractivity contribution in [3.8, 4) is 0 Å². The van der Waals surface area contributed by atoms with Gasteiger partial charge in [-0.1, -0.05) is 0 Å². The molecule has 180 valence electrons. The van der Waals surface area contributed by atoms with Crippen LogP contribution in [0.1, 0.15) is 50.5 Å². The van der Waals surface area contributed by atoms with E-state index in [4.69, 9.17) is 9.47 Å². The molecule has 0 aromatic heterocycles. The fourth-order valence-corrected chi connectivity index (χ4v) is 5.65. The Kier molecular flexibility index (Phi) is 7.72. The van der Waals surface area contributed by atoms with Gasteiger partial charge >= 0.3 is 6.09 Å². The number of hydrogen-bond donors (Lipinski definition) is 1. The summed E-state index contributed by atoms with van der Waals surface area (Å²) in [5, 5.41) is 0. The van der Waals surface area contributed by atoms with Crippen molar-refractivity contribution in [2.24, 2.45) is 0 Å². The van der Waals surface area contributed by atoms with Gasteiger partial charge in [-0.3, -0.25) is 4.90 Å². The molecule has 3 rings (SSSR count). The molecule has 1 N–H and O–H groups in total. The molecule has 2 fully saturated rings. The molecule has 1 aliphatic carbocycles. The summed E-state index contributed by atoms with van der Waals surface area (Å²) in [5.41, 5.74) is -0.220. The van der Waals surface area contributed by atoms with Gasteiger partial charge in [-0.05, 0) is 57.1 Å². The van der Waals surface area contributed by atoms with Crippen LogP contribution in [-0.4, -0.2) is 63.6 Å². The van der Waals surface area contributed by atoms with E-state index in [1.54, 1.807) is 6.92 Å². The molecule has 1 heterocycles. The van der Waals surface area contributed by atoms with E-state index in [0.29, 0.717) is 32.1 Å². The summed E-state index contributed by atoms with van der Waals surface area (Å²) in [4.78, 5) is 13.7. The molecule has 0 radical (unpaired) electrons. The number of halogens is 3. The highest BCUT2D eigenvalue weighted by atomic mass is 32.2. The van der Waals surface area contributed by atoms with Crippen LogP contribution in [-0.2, 0) is 19.5 Å². The fourth-order valence-electron chi connectivity index (χ4n) is 4.85. The highest BCUT2D eigenvalue weighted by Gasteiger charge is 2.44. The van der Waals surface area contributed by atoms with Gasteiger partial charge < -0.3 is 9.47 Å². The summed E-state index contributed by atoms with van der Waals surface area (Å²) in [6.07, 6.45) is 2.55. The molecule has 7 nitrogen and oxygen atoms in total. The lowest BCUT2D eigenvalue weighted by Crippen LogP contribution is -2.50. The molecule has 1 saturated heterocycles. The van der Waals surface area contributed by atoms with Crippen LogP contribution in [0.25, 0.3) is 0 Å². The lowest BCUT2D eigenvalue weighted by molar-refractivity contribution is -0.00887. The average Bonchev–Trinajstić information content (AvgIpc) is 3.02. The van der Waals surface area contributed by atoms with Gasteiger partial charge in [0.2, 0.25) is 10.0 Å². The first-order valence-corrected chi connectivity index (χ1v) is 12.5. The summed E-state index contributed by atoms with van der Waals surface area (Å²) >= 11 is 0. The van der Waals surface area contributed by atoms with E-state index in [2.05, 4.69) is 4.72 Å². The van der Waals surface area contributed by atoms with Crippen LogP contribution in [0, 0.1) is 17.5 Å². The first kappa shape index (κ1) is 24.8. The number of likely N-dealkylation sites (tertiary alicyclic amines) is 1. The molecule has 1 aromatic rings. The van der Waals surface area contributed by atoms with Crippen molar-refractivity contribution in [1.82, 2.24) is 9.62 Å². The van der Waals surface area contributed by atoms with E-state index in [-0.39, 0.29) is 24.3 Å². The van der Waals surface area contributed by atoms with Crippen LogP contribution in [0.2, 0.25) is 0 Å². The maximum atomic E-state index is 14.1. The number of amides is 1. The first-order valence-electron chi connectivity index (χ1n) is 10.6. The zero-order valence-corrected chi connectivity index (χ0v) is 19.1. The molecule has 1 saturated carbocycles. The topological polar surface area (TPSA) is 84.9 Å². The predicted octanol–water partition coefficient (Wildman–Crippen LogP) is 3.29. The number of carbonyl (C=O) groups excluding carboxylic acids is 1. The zero-order chi connectivity index (χ0) is 23.6. The maximum Gasteiger partial charge on any atom is 0.410 e. The number of nitrogens with one attached hydrogen (secondary N) is 1. The summed E-state index contributed by atoms with van der Waals surface area (Å²) in [6.45, 7) is 1.89. The Balaban J connectivity index is 1.64. The van der Waals surface area contributed by atoms with Crippen molar-refractivity contribution in [2.75, 3.05) is 20.0 Å². The predicted molar refractivity (Wildman–Crippen MR) is 111 cm³/mol. The Morgan fingerprint density at radius 2 is 1.78 bits per heavy atom. The van der Waals surface area contributed by atoms with E-state index in [1.807, 2.05) is 0 Å². The highest BCUT2D eigenvalue weighted by molar-refractivity contribution is 7.88. The summed E-state index contributed by atoms with van der Waals surface area (Å²) in [7, 11) is -2.24. The molecule has 1 aromatic carbocycles. The number of ether oxygens (including phenoxy) is 2. The van der Waals surface area contributed by atoms with Gasteiger partial charge in [0.1, 0.15) is 5.82 Å². The summed E-state index contributed by atoms with van der Waals surface area (Å²) in [6, 6.07) is 0.395. The summed E-state index contributed by atoms with van der Waals surface area (Å²) < 4.78 is 78.7. The smallest absolute Gasteiger partial charge is 0.410 e. The van der Waals surface area contributed by atoms with Gasteiger partial charge in [0.15, 0.2) is 11.6 Å². The fraction of sp³-hybridized carbons (Fsp3) is 0.667. The number of sulfonamides is 1. The van der Waals surface area contributed by atoms with Crippen LogP contribution in [0.3, 0.4) is 0 Å². The molecule has 1 amide bonds. The van der Waals surface area contributed by atoms with Gasteiger partial charge in [-0.25, -0.2) is 31.1 Å². The Hall–Kier alpha value is -1.85. The second-order valence-corrected chi connectivity index (χ2v) is 10.4. The quantitative estimate of drug-likeness (QED) is 0.635. The molecule has 32 heavy (non-hydrogen) atoms. The standard InChI is InChI=1S/C21H29F3N2O5S/c1-12-10-17(25-32(3,28)29)18(26(12)21(27)30-2)11-31-14-6-4-13(5-7-14)19-15(22)8-9-16(23)20(19)24/h8-9,12-14,17-18,25H,4-7,10-11H2,1-3H3/t12-,13-,14+,17+,18+/m1/s1. The molecule has 0 spiro atoms. The van der Waals surface area contributed by atoms with Gasteiger partial charge in [0.25, 0.3) is 0 Å². The van der Waals surface area contributed by atoms with Gasteiger partial charge in [-0.15, -0.1) is 0 Å². The molecule has 0 unspecified atom stereocenters. The summed E-state index contributed by atoms with van der Waals surface area (Å²) in [5.74, 6) is -3.40. The zero-order valence-electron chi connectivity index (χ0n) is 18.3. The Bertz CT molecular complexity index is 938. The largest absolute Gasteiger partial charge is 0.453 e. The van der Waals surface area contributed by atoms with E-state index in [0.717, 1.165) is 18.4 Å². The molecular formula is C21H29F3N2O5S. The third-order valence-corrected chi connectivity index (χ3v) is 7.04. The minimum absolute atomic E-state index is 0.0879. The van der Waals surface area contributed by atoms with E-state index < -0.39 is 51.6 Å². The maximum absolute atomic E-state index is 14.1. The highest BCUT2D eigenvalue weighted by Crippen LogP contribution is 2.37. The third-order valence-electron chi connectivity index (χ3n) is 6.31. The first-order chi connectivity index (χ1) is 15.0. The lowest BCUT2D eigenvalue weighted by Gasteiger charge is -2.33. The minimum Gasteiger partial charge on any atom is -0.453 e. The minimum atomic E-state index is -3.50. The molecular weight excluding hydrogens is 449 g/mol. The third kappa shape index (κ3) is 5.55. The Morgan fingerprint density at radius 3 is 2.38 bits per heavy atom. The van der Waals surface area contributed by atoms with Crippen molar-refractivity contribution in [3.63, 3.8) is 0 Å². The number of hydrogen-bond acceptors (Lipinski definition) is 5. The van der Waals surface area contributed by atoms with Crippen molar-refractivity contribution < 1.29 is 35.9 Å². The van der Waals surface area contributed by atoms with Gasteiger partial charge in [0, 0.05) is 17.6 Å². The number of methoxy groups -OCH3 is 1. The van der Waals surface area contributed by atoms with Crippen LogP contribution >= 0.6 is 0 Å². The van der Waals surface area contributed by atoms with E-state index in [9.17, 15) is 26.4 Å². The second-order valence-electron chi connectivity index (χ2n) is 8.59. The van der Waals surface area contributed by atoms with E-state index >= 15 is 0 Å². The molecule has 1 aliphatic heterocycles. The van der Waals surface area contributed by atoms with Crippen molar-refractivity contribution in [3.05, 3.63) is 35.1 Å². The molecule has 2 aliphatic rings. The van der Waals surface area contributed by atoms with E-state index in [1.165, 1.54) is 12.0 Å². The van der Waals surface area contributed by atoms with Crippen LogP contribution in [0.15, 0.2) is 12.1 Å². The normalized spacial score (nSPS) is 28.7. The number of benzene rings is 1. The SMILES string of the molecule is COC(=O)N1[C@H](C)C[C@H](NS(C)(=O)=O)[C@@H]1CO[C@H]1CC[C@@H](c2c(F)ccc(F)c2F)CC1. The Labute approximate surface area is 186 Å². The van der Waals surface area contributed by atoms with Crippen LogP contribution in [0.4, 0.5) is 18.0 Å². The second kappa shape index (κ2) is 9.96. The van der Waals surface area contributed by atoms with Gasteiger partial charge in [0.05, 0.1) is 32.1 Å². The molecule has 11 heteroatoms. The number of rotatable bonds is 6. The number of carbonyl (C=O) groups is 1. The number of nitrogens with zero attached hydrogens (tertiary/aromatic N) is 1. The lowest BCUT2D eigenvalue weighted by atomic mass is 9.82. The van der Waals surface area contributed by atoms with Crippen LogP contribution < -0.4 is 4.72 Å².